The minimum absolute atomic E-state index is 0.0388. The number of amides is 3. The van der Waals surface area contributed by atoms with Crippen molar-refractivity contribution in [2.45, 2.75) is 122 Å². The molecule has 2 aliphatic rings. The predicted octanol–water partition coefficient (Wildman–Crippen LogP) is -0.595. The number of carbonyl (C=O) groups excluding carboxylic acids is 9. The molecule has 59 heavy (non-hydrogen) atoms. The fourth-order valence-electron chi connectivity index (χ4n) is 5.67. The van der Waals surface area contributed by atoms with Crippen molar-refractivity contribution in [1.29, 1.82) is 0 Å². The normalized spacial score (nSPS) is 20.4. The summed E-state index contributed by atoms with van der Waals surface area (Å²) in [4.78, 5) is 111. The topological polar surface area (TPSA) is 282 Å². The van der Waals surface area contributed by atoms with E-state index in [4.69, 9.17) is 47.5 Å². The Morgan fingerprint density at radius 3 is 1.93 bits per heavy atom. The van der Waals surface area contributed by atoms with Crippen LogP contribution in [0.15, 0.2) is 0 Å². The average molecular weight is 848 g/mol. The molecule has 1 aliphatic heterocycles. The van der Waals surface area contributed by atoms with Crippen molar-refractivity contribution in [1.82, 2.24) is 16.1 Å². The van der Waals surface area contributed by atoms with E-state index < -0.39 is 66.5 Å². The predicted molar refractivity (Wildman–Crippen MR) is 196 cm³/mol. The van der Waals surface area contributed by atoms with Crippen molar-refractivity contribution in [2.75, 3.05) is 59.6 Å². The first-order valence-corrected chi connectivity index (χ1v) is 19.3. The van der Waals surface area contributed by atoms with Crippen LogP contribution in [0.25, 0.3) is 0 Å². The Bertz CT molecular complexity index is 1390. The van der Waals surface area contributed by atoms with Gasteiger partial charge >= 0.3 is 23.9 Å². The number of hydroxylamine groups is 1. The SMILES string of the molecule is CC(=O)NC1C(OCCOCCOCCNC(=O)CCOCONC(=O)CCCCCCC(=O)OC2C(=O)CCC2=O)OC(COC(C)=O)C(OC(C)=O)C1OC(C)=O. The monoisotopic (exact) mass is 847 g/mol. The maximum Gasteiger partial charge on any atom is 0.306 e. The quantitative estimate of drug-likeness (QED) is 0.0212. The van der Waals surface area contributed by atoms with Gasteiger partial charge < -0.3 is 53.3 Å². The molecule has 2 rings (SSSR count). The summed E-state index contributed by atoms with van der Waals surface area (Å²) < 4.78 is 48.6. The molecule has 334 valence electrons. The van der Waals surface area contributed by atoms with E-state index in [1.807, 2.05) is 0 Å². The van der Waals surface area contributed by atoms with Crippen molar-refractivity contribution >= 4 is 53.2 Å². The van der Waals surface area contributed by atoms with Gasteiger partial charge in [-0.15, -0.1) is 0 Å². The Kier molecular flexibility index (Phi) is 24.6. The Morgan fingerprint density at radius 2 is 1.29 bits per heavy atom. The third-order valence-electron chi connectivity index (χ3n) is 8.31. The van der Waals surface area contributed by atoms with E-state index in [1.54, 1.807) is 0 Å². The first-order chi connectivity index (χ1) is 28.2. The molecule has 1 aliphatic carbocycles. The Labute approximate surface area is 341 Å². The van der Waals surface area contributed by atoms with Gasteiger partial charge in [0.05, 0.1) is 46.1 Å². The number of nitrogens with one attached hydrogen (secondary N) is 3. The highest BCUT2D eigenvalue weighted by Crippen LogP contribution is 2.28. The molecule has 22 nitrogen and oxygen atoms in total. The van der Waals surface area contributed by atoms with Gasteiger partial charge in [-0.2, -0.15) is 0 Å². The first-order valence-electron chi connectivity index (χ1n) is 19.3. The molecule has 1 heterocycles. The van der Waals surface area contributed by atoms with Crippen LogP contribution in [0.4, 0.5) is 0 Å². The van der Waals surface area contributed by atoms with Crippen LogP contribution in [0.5, 0.6) is 0 Å². The number of rotatable bonds is 29. The van der Waals surface area contributed by atoms with Gasteiger partial charge in [-0.3, -0.25) is 43.2 Å². The molecule has 2 fully saturated rings. The summed E-state index contributed by atoms with van der Waals surface area (Å²) >= 11 is 0. The van der Waals surface area contributed by atoms with E-state index in [9.17, 15) is 43.2 Å². The number of ketones is 2. The van der Waals surface area contributed by atoms with E-state index in [1.165, 1.54) is 13.8 Å². The summed E-state index contributed by atoms with van der Waals surface area (Å²) in [5.74, 6) is -4.53. The third kappa shape index (κ3) is 21.8. The second-order valence-corrected chi connectivity index (χ2v) is 13.3. The molecule has 0 aromatic heterocycles. The van der Waals surface area contributed by atoms with Crippen molar-refractivity contribution in [3.63, 3.8) is 0 Å². The number of esters is 4. The summed E-state index contributed by atoms with van der Waals surface area (Å²) in [6.45, 7) is 4.97. The Balaban J connectivity index is 1.50. The lowest BCUT2D eigenvalue weighted by atomic mass is 9.96. The van der Waals surface area contributed by atoms with Crippen molar-refractivity contribution in [3.8, 4) is 0 Å². The maximum absolute atomic E-state index is 12.0. The third-order valence-corrected chi connectivity index (χ3v) is 8.31. The van der Waals surface area contributed by atoms with Gasteiger partial charge in [0.1, 0.15) is 18.8 Å². The summed E-state index contributed by atoms with van der Waals surface area (Å²) in [7, 11) is 0. The lowest BCUT2D eigenvalue weighted by molar-refractivity contribution is -0.279. The molecule has 22 heteroatoms. The highest BCUT2D eigenvalue weighted by atomic mass is 16.8. The number of ether oxygens (including phenoxy) is 9. The molecule has 0 spiro atoms. The summed E-state index contributed by atoms with van der Waals surface area (Å²) in [5.41, 5.74) is 2.25. The van der Waals surface area contributed by atoms with Gasteiger partial charge in [0.2, 0.25) is 23.8 Å². The van der Waals surface area contributed by atoms with Crippen molar-refractivity contribution in [2.24, 2.45) is 0 Å². The molecular weight excluding hydrogens is 790 g/mol. The summed E-state index contributed by atoms with van der Waals surface area (Å²) in [5, 5.41) is 5.27. The zero-order chi connectivity index (χ0) is 43.6. The Hall–Kier alpha value is -4.61. The van der Waals surface area contributed by atoms with Crippen LogP contribution in [0.1, 0.15) is 85.5 Å². The highest BCUT2D eigenvalue weighted by molar-refractivity contribution is 6.12. The van der Waals surface area contributed by atoms with Crippen LogP contribution < -0.4 is 16.1 Å². The fourth-order valence-corrected chi connectivity index (χ4v) is 5.67. The first kappa shape index (κ1) is 50.5. The summed E-state index contributed by atoms with van der Waals surface area (Å²) in [6.07, 6.45) is -3.08. The van der Waals surface area contributed by atoms with Crippen LogP contribution in [0, 0.1) is 0 Å². The van der Waals surface area contributed by atoms with Crippen molar-refractivity contribution in [3.05, 3.63) is 0 Å². The van der Waals surface area contributed by atoms with Crippen molar-refractivity contribution < 1.29 is 90.6 Å². The van der Waals surface area contributed by atoms with Gasteiger partial charge in [0.25, 0.3) is 0 Å². The summed E-state index contributed by atoms with van der Waals surface area (Å²) in [6, 6.07) is -1.10. The standard InChI is InChI=1S/C37H57N3O19/c1-23(41)39-33-36(57-26(4)44)35(56-25(3)43)29(21-54-24(2)42)58-37(33)53-20-19-51-18-17-50-16-14-38-30(47)13-15-52-22-55-40-31(48)9-7-5-6-8-10-32(49)59-34-27(45)11-12-28(34)46/h29,33-37H,5-22H2,1-4H3,(H,38,47)(H,39,41)(H,40,48). The van der Waals surface area contributed by atoms with E-state index in [0.29, 0.717) is 25.7 Å². The smallest absolute Gasteiger partial charge is 0.306 e. The minimum Gasteiger partial charge on any atom is -0.463 e. The second-order valence-electron chi connectivity index (χ2n) is 13.3. The second kappa shape index (κ2) is 28.8. The molecule has 3 N–H and O–H groups in total. The molecule has 5 unspecified atom stereocenters. The minimum atomic E-state index is -1.25. The lowest BCUT2D eigenvalue weighted by Crippen LogP contribution is -2.66. The van der Waals surface area contributed by atoms with E-state index in [2.05, 4.69) is 16.1 Å². The van der Waals surface area contributed by atoms with Gasteiger partial charge in [0.15, 0.2) is 36.9 Å². The Morgan fingerprint density at radius 1 is 0.661 bits per heavy atom. The largest absolute Gasteiger partial charge is 0.463 e. The highest BCUT2D eigenvalue weighted by Gasteiger charge is 2.51. The van der Waals surface area contributed by atoms with E-state index >= 15 is 0 Å². The number of Topliss-reactive ketones (excluding diaryl/α,β-unsaturated/α-hetero) is 2. The van der Waals surface area contributed by atoms with Gasteiger partial charge in [0, 0.05) is 59.9 Å². The van der Waals surface area contributed by atoms with Crippen LogP contribution in [-0.2, 0) is 90.6 Å². The van der Waals surface area contributed by atoms with Crippen LogP contribution in [0.3, 0.4) is 0 Å². The maximum atomic E-state index is 12.0. The molecule has 0 bridgehead atoms. The zero-order valence-electron chi connectivity index (χ0n) is 33.9. The van der Waals surface area contributed by atoms with Crippen LogP contribution >= 0.6 is 0 Å². The number of hydrogen-bond acceptors (Lipinski definition) is 19. The van der Waals surface area contributed by atoms with E-state index in [0.717, 1.165) is 13.8 Å². The molecule has 3 amide bonds. The molecule has 1 saturated carbocycles. The van der Waals surface area contributed by atoms with Gasteiger partial charge in [-0.1, -0.05) is 12.8 Å². The fraction of sp³-hybridized carbons (Fsp3) is 0.757. The number of hydrogen-bond donors (Lipinski definition) is 3. The molecule has 0 aromatic carbocycles. The number of unbranched alkanes of at least 4 members (excludes halogenated alkanes) is 3. The van der Waals surface area contributed by atoms with Gasteiger partial charge in [-0.25, -0.2) is 10.3 Å². The molecule has 0 radical (unpaired) electrons. The molecule has 1 saturated heterocycles. The molecule has 5 atom stereocenters. The van der Waals surface area contributed by atoms with Gasteiger partial charge in [-0.05, 0) is 12.8 Å². The van der Waals surface area contributed by atoms with Crippen LogP contribution in [-0.4, -0.2) is 149 Å². The lowest BCUT2D eigenvalue weighted by Gasteiger charge is -2.44. The zero-order valence-corrected chi connectivity index (χ0v) is 33.9. The molecule has 0 aromatic rings. The average Bonchev–Trinajstić information content (AvgIpc) is 3.47. The molecular formula is C37H57N3O19. The number of carbonyl (C=O) groups is 9. The van der Waals surface area contributed by atoms with E-state index in [-0.39, 0.29) is 115 Å². The van der Waals surface area contributed by atoms with Crippen LogP contribution in [0.2, 0.25) is 0 Å².